The van der Waals surface area contributed by atoms with Gasteiger partial charge in [-0.25, -0.2) is 0 Å². The predicted octanol–water partition coefficient (Wildman–Crippen LogP) is 2.08. The van der Waals surface area contributed by atoms with Crippen LogP contribution in [-0.4, -0.2) is 42.4 Å². The number of nitrogens with zero attached hydrogens (tertiary/aromatic N) is 1. The standard InChI is InChI=1S/C15H23NO2/c1-2-13-5-7-15(8-6-13)18-12-14(17)11-16-9-3-4-10-16/h5-8,14,17H,2-4,9-12H2,1H3/t14-/m1/s1. The summed E-state index contributed by atoms with van der Waals surface area (Å²) in [4.78, 5) is 2.30. The number of aliphatic hydroxyl groups excluding tert-OH is 1. The van der Waals surface area contributed by atoms with Crippen molar-refractivity contribution in [3.8, 4) is 5.75 Å². The molecule has 3 heteroatoms. The Morgan fingerprint density at radius 3 is 2.50 bits per heavy atom. The number of benzene rings is 1. The van der Waals surface area contributed by atoms with Crippen molar-refractivity contribution in [1.29, 1.82) is 0 Å². The molecule has 1 N–H and O–H groups in total. The third-order valence-corrected chi connectivity index (χ3v) is 3.44. The lowest BCUT2D eigenvalue weighted by Gasteiger charge is -2.19. The molecule has 1 fully saturated rings. The number of hydrogen-bond donors (Lipinski definition) is 1. The summed E-state index contributed by atoms with van der Waals surface area (Å²) >= 11 is 0. The van der Waals surface area contributed by atoms with Crippen molar-refractivity contribution in [3.63, 3.8) is 0 Å². The first-order chi connectivity index (χ1) is 8.78. The van der Waals surface area contributed by atoms with E-state index in [2.05, 4.69) is 24.0 Å². The molecule has 1 aliphatic rings. The van der Waals surface area contributed by atoms with Crippen LogP contribution in [0.3, 0.4) is 0 Å². The summed E-state index contributed by atoms with van der Waals surface area (Å²) in [5, 5.41) is 9.91. The van der Waals surface area contributed by atoms with Gasteiger partial charge in [0, 0.05) is 6.54 Å². The number of aliphatic hydroxyl groups is 1. The lowest BCUT2D eigenvalue weighted by Crippen LogP contribution is -2.33. The van der Waals surface area contributed by atoms with Crippen molar-refractivity contribution in [3.05, 3.63) is 29.8 Å². The highest BCUT2D eigenvalue weighted by Gasteiger charge is 2.15. The molecule has 0 spiro atoms. The van der Waals surface area contributed by atoms with Gasteiger partial charge >= 0.3 is 0 Å². The fraction of sp³-hybridized carbons (Fsp3) is 0.600. The topological polar surface area (TPSA) is 32.7 Å². The minimum atomic E-state index is -0.394. The van der Waals surface area contributed by atoms with E-state index in [1.165, 1.54) is 18.4 Å². The summed E-state index contributed by atoms with van der Waals surface area (Å²) in [7, 11) is 0. The van der Waals surface area contributed by atoms with E-state index in [9.17, 15) is 5.11 Å². The summed E-state index contributed by atoms with van der Waals surface area (Å²) in [5.74, 6) is 0.840. The second kappa shape index (κ2) is 6.76. The van der Waals surface area contributed by atoms with Gasteiger partial charge in [0.15, 0.2) is 0 Å². The maximum Gasteiger partial charge on any atom is 0.119 e. The highest BCUT2D eigenvalue weighted by molar-refractivity contribution is 5.27. The van der Waals surface area contributed by atoms with Crippen LogP contribution in [-0.2, 0) is 6.42 Å². The van der Waals surface area contributed by atoms with Crippen LogP contribution in [0.2, 0.25) is 0 Å². The van der Waals surface area contributed by atoms with E-state index < -0.39 is 6.10 Å². The van der Waals surface area contributed by atoms with Gasteiger partial charge in [0.2, 0.25) is 0 Å². The van der Waals surface area contributed by atoms with Gasteiger partial charge < -0.3 is 14.7 Å². The minimum absolute atomic E-state index is 0.377. The summed E-state index contributed by atoms with van der Waals surface area (Å²) in [5.41, 5.74) is 1.31. The maximum absolute atomic E-state index is 9.91. The molecule has 3 nitrogen and oxygen atoms in total. The van der Waals surface area contributed by atoms with Gasteiger partial charge in [-0.2, -0.15) is 0 Å². The summed E-state index contributed by atoms with van der Waals surface area (Å²) < 4.78 is 5.60. The molecule has 0 aromatic heterocycles. The lowest BCUT2D eigenvalue weighted by atomic mass is 10.2. The van der Waals surface area contributed by atoms with E-state index in [0.29, 0.717) is 6.61 Å². The van der Waals surface area contributed by atoms with E-state index in [4.69, 9.17) is 4.74 Å². The molecule has 0 bridgehead atoms. The van der Waals surface area contributed by atoms with Crippen LogP contribution in [0, 0.1) is 0 Å². The van der Waals surface area contributed by atoms with Gasteiger partial charge in [0.1, 0.15) is 18.5 Å². The quantitative estimate of drug-likeness (QED) is 0.838. The molecule has 1 atom stereocenters. The first-order valence-corrected chi connectivity index (χ1v) is 6.90. The Morgan fingerprint density at radius 1 is 1.22 bits per heavy atom. The van der Waals surface area contributed by atoms with Crippen molar-refractivity contribution in [1.82, 2.24) is 4.90 Å². The maximum atomic E-state index is 9.91. The molecule has 1 saturated heterocycles. The predicted molar refractivity (Wildman–Crippen MR) is 73.0 cm³/mol. The molecular formula is C15H23NO2. The van der Waals surface area contributed by atoms with Gasteiger partial charge in [0.25, 0.3) is 0 Å². The highest BCUT2D eigenvalue weighted by atomic mass is 16.5. The Labute approximate surface area is 109 Å². The van der Waals surface area contributed by atoms with E-state index in [1.54, 1.807) is 0 Å². The first kappa shape index (κ1) is 13.4. The fourth-order valence-corrected chi connectivity index (χ4v) is 2.33. The third-order valence-electron chi connectivity index (χ3n) is 3.44. The number of hydrogen-bond acceptors (Lipinski definition) is 3. The van der Waals surface area contributed by atoms with Crippen LogP contribution in [0.25, 0.3) is 0 Å². The van der Waals surface area contributed by atoms with Gasteiger partial charge in [-0.05, 0) is 50.0 Å². The Bertz CT molecular complexity index is 344. The minimum Gasteiger partial charge on any atom is -0.491 e. The lowest BCUT2D eigenvalue weighted by molar-refractivity contribution is 0.0758. The number of rotatable bonds is 6. The molecule has 0 saturated carbocycles. The van der Waals surface area contributed by atoms with Crippen molar-refractivity contribution >= 4 is 0 Å². The Kier molecular flexibility index (Phi) is 5.02. The van der Waals surface area contributed by atoms with Gasteiger partial charge in [-0.1, -0.05) is 19.1 Å². The van der Waals surface area contributed by atoms with Crippen LogP contribution in [0.15, 0.2) is 24.3 Å². The molecule has 0 aliphatic carbocycles. The average molecular weight is 249 g/mol. The van der Waals surface area contributed by atoms with Crippen LogP contribution < -0.4 is 4.74 Å². The number of likely N-dealkylation sites (tertiary alicyclic amines) is 1. The third kappa shape index (κ3) is 4.00. The van der Waals surface area contributed by atoms with Crippen LogP contribution in [0.1, 0.15) is 25.3 Å². The molecule has 0 amide bonds. The zero-order valence-corrected chi connectivity index (χ0v) is 11.1. The van der Waals surface area contributed by atoms with E-state index in [-0.39, 0.29) is 0 Å². The molecule has 1 aromatic rings. The van der Waals surface area contributed by atoms with Crippen molar-refractivity contribution < 1.29 is 9.84 Å². The molecule has 1 aliphatic heterocycles. The molecule has 2 rings (SSSR count). The molecule has 0 unspecified atom stereocenters. The number of ether oxygens (including phenoxy) is 1. The smallest absolute Gasteiger partial charge is 0.119 e. The number of aryl methyl sites for hydroxylation is 1. The Balaban J connectivity index is 1.72. The largest absolute Gasteiger partial charge is 0.491 e. The number of β-amino-alcohol motifs (C(OH)–C–C–N with tert-alkyl or cyclic N) is 1. The van der Waals surface area contributed by atoms with E-state index >= 15 is 0 Å². The van der Waals surface area contributed by atoms with Crippen LogP contribution in [0.4, 0.5) is 0 Å². The van der Waals surface area contributed by atoms with E-state index in [1.807, 2.05) is 12.1 Å². The molecule has 1 aromatic carbocycles. The molecule has 100 valence electrons. The van der Waals surface area contributed by atoms with E-state index in [0.717, 1.165) is 31.8 Å². The fourth-order valence-electron chi connectivity index (χ4n) is 2.33. The van der Waals surface area contributed by atoms with Crippen molar-refractivity contribution in [2.45, 2.75) is 32.3 Å². The molecule has 0 radical (unpaired) electrons. The molecule has 1 heterocycles. The monoisotopic (exact) mass is 249 g/mol. The zero-order chi connectivity index (χ0) is 12.8. The SMILES string of the molecule is CCc1ccc(OC[C@H](O)CN2CCCC2)cc1. The Hall–Kier alpha value is -1.06. The second-order valence-electron chi connectivity index (χ2n) is 4.97. The van der Waals surface area contributed by atoms with Gasteiger partial charge in [-0.15, -0.1) is 0 Å². The van der Waals surface area contributed by atoms with Gasteiger partial charge in [0.05, 0.1) is 0 Å². The van der Waals surface area contributed by atoms with Crippen LogP contribution >= 0.6 is 0 Å². The van der Waals surface area contributed by atoms with Crippen molar-refractivity contribution in [2.24, 2.45) is 0 Å². The Morgan fingerprint density at radius 2 is 1.89 bits per heavy atom. The zero-order valence-electron chi connectivity index (χ0n) is 11.1. The molecular weight excluding hydrogens is 226 g/mol. The van der Waals surface area contributed by atoms with Gasteiger partial charge in [-0.3, -0.25) is 0 Å². The van der Waals surface area contributed by atoms with Crippen molar-refractivity contribution in [2.75, 3.05) is 26.2 Å². The molecule has 18 heavy (non-hydrogen) atoms. The average Bonchev–Trinajstić information content (AvgIpc) is 2.90. The second-order valence-corrected chi connectivity index (χ2v) is 4.97. The highest BCUT2D eigenvalue weighted by Crippen LogP contribution is 2.13. The normalized spacial score (nSPS) is 17.9. The van der Waals surface area contributed by atoms with Crippen LogP contribution in [0.5, 0.6) is 5.75 Å². The summed E-state index contributed by atoms with van der Waals surface area (Å²) in [6.45, 7) is 5.47. The summed E-state index contributed by atoms with van der Waals surface area (Å²) in [6, 6.07) is 8.09. The first-order valence-electron chi connectivity index (χ1n) is 6.90. The summed E-state index contributed by atoms with van der Waals surface area (Å²) in [6.07, 6.45) is 3.16.